The Hall–Kier alpha value is -2.24. The molecular weight excluding hydrogens is 246 g/mol. The van der Waals surface area contributed by atoms with Gasteiger partial charge < -0.3 is 15.3 Å². The van der Waals surface area contributed by atoms with Gasteiger partial charge in [-0.2, -0.15) is 0 Å². The van der Waals surface area contributed by atoms with Crippen molar-refractivity contribution in [1.82, 2.24) is 5.32 Å². The molecule has 0 spiro atoms. The summed E-state index contributed by atoms with van der Waals surface area (Å²) in [5, 5.41) is 11.3. The van der Waals surface area contributed by atoms with Crippen molar-refractivity contribution in [2.45, 2.75) is 13.0 Å². The van der Waals surface area contributed by atoms with Crippen LogP contribution in [0.5, 0.6) is 0 Å². The van der Waals surface area contributed by atoms with E-state index in [0.717, 1.165) is 11.4 Å². The molecule has 1 aromatic rings. The molecule has 1 aliphatic rings. The quantitative estimate of drug-likeness (QED) is 0.838. The molecule has 2 rings (SSSR count). The number of fused-ring (bicyclic) bond motifs is 1. The van der Waals surface area contributed by atoms with E-state index in [2.05, 4.69) is 10.2 Å². The number of nitrogens with zero attached hydrogens (tertiary/aromatic N) is 2. The number of anilines is 2. The van der Waals surface area contributed by atoms with Crippen molar-refractivity contribution in [3.8, 4) is 0 Å². The van der Waals surface area contributed by atoms with Crippen LogP contribution in [0.15, 0.2) is 24.3 Å². The van der Waals surface area contributed by atoms with Crippen LogP contribution in [-0.2, 0) is 4.79 Å². The third kappa shape index (κ3) is 2.62. The second-order valence-electron chi connectivity index (χ2n) is 4.57. The van der Waals surface area contributed by atoms with Crippen LogP contribution in [0.1, 0.15) is 6.92 Å². The highest BCUT2D eigenvalue weighted by atomic mass is 16.4. The van der Waals surface area contributed by atoms with E-state index in [0.29, 0.717) is 13.1 Å². The summed E-state index contributed by atoms with van der Waals surface area (Å²) < 4.78 is 0. The molecule has 0 aliphatic carbocycles. The zero-order valence-electron chi connectivity index (χ0n) is 11.0. The highest BCUT2D eigenvalue weighted by Crippen LogP contribution is 2.31. The van der Waals surface area contributed by atoms with Crippen LogP contribution in [0.2, 0.25) is 0 Å². The zero-order chi connectivity index (χ0) is 14.0. The molecular formula is C13H17N3O3. The molecule has 1 heterocycles. The van der Waals surface area contributed by atoms with Gasteiger partial charge in [-0.15, -0.1) is 0 Å². The summed E-state index contributed by atoms with van der Waals surface area (Å²) in [7, 11) is 1.97. The lowest BCUT2D eigenvalue weighted by Crippen LogP contribution is -2.51. The van der Waals surface area contributed by atoms with Crippen molar-refractivity contribution < 1.29 is 14.7 Å². The number of para-hydroxylation sites is 2. The van der Waals surface area contributed by atoms with Crippen LogP contribution >= 0.6 is 0 Å². The molecule has 0 fully saturated rings. The van der Waals surface area contributed by atoms with E-state index in [-0.39, 0.29) is 6.03 Å². The predicted octanol–water partition coefficient (Wildman–Crippen LogP) is 1.13. The summed E-state index contributed by atoms with van der Waals surface area (Å²) in [6, 6.07) is 6.29. The molecule has 2 N–H and O–H groups in total. The number of aliphatic carboxylic acids is 1. The first-order valence-electron chi connectivity index (χ1n) is 6.11. The average Bonchev–Trinajstić information content (AvgIpc) is 2.39. The van der Waals surface area contributed by atoms with Gasteiger partial charge in [-0.25, -0.2) is 4.79 Å². The van der Waals surface area contributed by atoms with E-state index < -0.39 is 12.0 Å². The van der Waals surface area contributed by atoms with Gasteiger partial charge in [0, 0.05) is 20.1 Å². The smallest absolute Gasteiger partial charge is 0.325 e. The van der Waals surface area contributed by atoms with Gasteiger partial charge in [0.05, 0.1) is 11.4 Å². The molecule has 0 bridgehead atoms. The van der Waals surface area contributed by atoms with E-state index in [1.165, 1.54) is 6.92 Å². The van der Waals surface area contributed by atoms with Crippen molar-refractivity contribution in [1.29, 1.82) is 0 Å². The molecule has 0 radical (unpaired) electrons. The lowest BCUT2D eigenvalue weighted by molar-refractivity contribution is -0.138. The van der Waals surface area contributed by atoms with E-state index >= 15 is 0 Å². The minimum atomic E-state index is -1.05. The van der Waals surface area contributed by atoms with E-state index in [9.17, 15) is 9.59 Å². The van der Waals surface area contributed by atoms with Crippen molar-refractivity contribution in [3.05, 3.63) is 24.3 Å². The Morgan fingerprint density at radius 3 is 2.53 bits per heavy atom. The number of hydrogen-bond acceptors (Lipinski definition) is 3. The summed E-state index contributed by atoms with van der Waals surface area (Å²) in [6.07, 6.45) is 0. The number of benzene rings is 1. The Bertz CT molecular complexity index is 504. The fraction of sp³-hybridized carbons (Fsp3) is 0.385. The first kappa shape index (κ1) is 13.2. The predicted molar refractivity (Wildman–Crippen MR) is 72.7 cm³/mol. The minimum Gasteiger partial charge on any atom is -0.480 e. The summed E-state index contributed by atoms with van der Waals surface area (Å²) in [5.41, 5.74) is 1.76. The number of amides is 2. The topological polar surface area (TPSA) is 72.9 Å². The molecule has 1 atom stereocenters. The Kier molecular flexibility index (Phi) is 3.59. The summed E-state index contributed by atoms with van der Waals surface area (Å²) in [5.74, 6) is -1.05. The van der Waals surface area contributed by atoms with E-state index in [1.807, 2.05) is 31.3 Å². The van der Waals surface area contributed by atoms with Gasteiger partial charge in [-0.3, -0.25) is 9.69 Å². The lowest BCUT2D eigenvalue weighted by atomic mass is 10.2. The SMILES string of the molecule is C[C@@H](NC(=O)N1CCN(C)c2ccccc21)C(=O)O. The molecule has 1 aliphatic heterocycles. The number of nitrogens with one attached hydrogen (secondary N) is 1. The number of carbonyl (C=O) groups is 2. The number of carboxylic acid groups (broad SMARTS) is 1. The molecule has 2 amide bonds. The van der Waals surface area contributed by atoms with Gasteiger partial charge in [0.25, 0.3) is 0 Å². The molecule has 0 saturated heterocycles. The van der Waals surface area contributed by atoms with Crippen LogP contribution in [0.3, 0.4) is 0 Å². The lowest BCUT2D eigenvalue weighted by Gasteiger charge is -2.35. The van der Waals surface area contributed by atoms with Crippen LogP contribution in [0.4, 0.5) is 16.2 Å². The summed E-state index contributed by atoms with van der Waals surface area (Å²) >= 11 is 0. The second kappa shape index (κ2) is 5.17. The third-order valence-corrected chi connectivity index (χ3v) is 3.20. The number of hydrogen-bond donors (Lipinski definition) is 2. The monoisotopic (exact) mass is 263 g/mol. The van der Waals surface area contributed by atoms with E-state index in [1.54, 1.807) is 4.90 Å². The summed E-state index contributed by atoms with van der Waals surface area (Å²) in [4.78, 5) is 26.5. The fourth-order valence-electron chi connectivity index (χ4n) is 2.04. The maximum atomic E-state index is 12.1. The fourth-order valence-corrected chi connectivity index (χ4v) is 2.04. The number of carboxylic acids is 1. The zero-order valence-corrected chi connectivity index (χ0v) is 11.0. The number of urea groups is 1. The number of rotatable bonds is 2. The summed E-state index contributed by atoms with van der Waals surface area (Å²) in [6.45, 7) is 2.69. The molecule has 19 heavy (non-hydrogen) atoms. The minimum absolute atomic E-state index is 0.379. The van der Waals surface area contributed by atoms with Crippen molar-refractivity contribution in [2.75, 3.05) is 29.9 Å². The maximum Gasteiger partial charge on any atom is 0.325 e. The maximum absolute atomic E-state index is 12.1. The van der Waals surface area contributed by atoms with Gasteiger partial charge in [0.15, 0.2) is 0 Å². The average molecular weight is 263 g/mol. The van der Waals surface area contributed by atoms with Crippen LogP contribution in [0, 0.1) is 0 Å². The van der Waals surface area contributed by atoms with Crippen LogP contribution in [-0.4, -0.2) is 43.3 Å². The molecule has 0 unspecified atom stereocenters. The molecule has 6 heteroatoms. The number of carbonyl (C=O) groups excluding carboxylic acids is 1. The first-order valence-corrected chi connectivity index (χ1v) is 6.11. The highest BCUT2D eigenvalue weighted by Gasteiger charge is 2.26. The van der Waals surface area contributed by atoms with Crippen LogP contribution in [0.25, 0.3) is 0 Å². The Balaban J connectivity index is 2.20. The van der Waals surface area contributed by atoms with E-state index in [4.69, 9.17) is 5.11 Å². The molecule has 102 valence electrons. The van der Waals surface area contributed by atoms with Gasteiger partial charge >= 0.3 is 12.0 Å². The Morgan fingerprint density at radius 2 is 1.89 bits per heavy atom. The largest absolute Gasteiger partial charge is 0.480 e. The number of likely N-dealkylation sites (N-methyl/N-ethyl adjacent to an activating group) is 1. The standard InChI is InChI=1S/C13H17N3O3/c1-9(12(17)18)14-13(19)16-8-7-15(2)10-5-3-4-6-11(10)16/h3-6,9H,7-8H2,1-2H3,(H,14,19)(H,17,18)/t9-/m1/s1. The second-order valence-corrected chi connectivity index (χ2v) is 4.57. The molecule has 1 aromatic carbocycles. The van der Waals surface area contributed by atoms with Crippen molar-refractivity contribution in [2.24, 2.45) is 0 Å². The van der Waals surface area contributed by atoms with Gasteiger partial charge in [0.1, 0.15) is 6.04 Å². The Labute approximate surface area is 111 Å². The first-order chi connectivity index (χ1) is 9.00. The van der Waals surface area contributed by atoms with Crippen molar-refractivity contribution >= 4 is 23.4 Å². The van der Waals surface area contributed by atoms with Crippen molar-refractivity contribution in [3.63, 3.8) is 0 Å². The third-order valence-electron chi connectivity index (χ3n) is 3.20. The molecule has 6 nitrogen and oxygen atoms in total. The van der Waals surface area contributed by atoms with Gasteiger partial charge in [0.2, 0.25) is 0 Å². The molecule has 0 aromatic heterocycles. The normalized spacial score (nSPS) is 15.7. The van der Waals surface area contributed by atoms with Gasteiger partial charge in [-0.1, -0.05) is 12.1 Å². The van der Waals surface area contributed by atoms with Crippen LogP contribution < -0.4 is 15.1 Å². The Morgan fingerprint density at radius 1 is 1.26 bits per heavy atom. The van der Waals surface area contributed by atoms with Gasteiger partial charge in [-0.05, 0) is 19.1 Å². The molecule has 0 saturated carbocycles. The highest BCUT2D eigenvalue weighted by molar-refractivity contribution is 5.98.